The number of anilines is 1. The van der Waals surface area contributed by atoms with E-state index in [0.717, 1.165) is 28.2 Å². The number of fused-ring (bicyclic) bond motifs is 1. The van der Waals surface area contributed by atoms with Gasteiger partial charge >= 0.3 is 0 Å². The third kappa shape index (κ3) is 6.22. The van der Waals surface area contributed by atoms with Crippen molar-refractivity contribution >= 4 is 22.9 Å². The Kier molecular flexibility index (Phi) is 9.03. The van der Waals surface area contributed by atoms with Crippen LogP contribution in [-0.4, -0.2) is 63.6 Å². The van der Waals surface area contributed by atoms with Gasteiger partial charge in [-0.15, -0.1) is 0 Å². The fourth-order valence-corrected chi connectivity index (χ4v) is 6.24. The number of carbonyl (C=O) groups excluding carboxylic acids is 1. The van der Waals surface area contributed by atoms with Crippen LogP contribution in [0, 0.1) is 0 Å². The Labute approximate surface area is 283 Å². The summed E-state index contributed by atoms with van der Waals surface area (Å²) in [7, 11) is 3.26. The first kappa shape index (κ1) is 32.0. The molecule has 11 nitrogen and oxygen atoms in total. The number of hydrogen-bond donors (Lipinski definition) is 2. The first-order valence-corrected chi connectivity index (χ1v) is 15.9. The van der Waals surface area contributed by atoms with Crippen LogP contribution in [0.15, 0.2) is 122 Å². The summed E-state index contributed by atoms with van der Waals surface area (Å²) in [6.45, 7) is 0.0601. The minimum atomic E-state index is -1.07. The highest BCUT2D eigenvalue weighted by atomic mass is 16.6. The number of nitrogens with one attached hydrogen (secondary N) is 1. The quantitative estimate of drug-likeness (QED) is 0.167. The predicted octanol–water partition coefficient (Wildman–Crippen LogP) is 5.75. The van der Waals surface area contributed by atoms with Crippen molar-refractivity contribution in [3.63, 3.8) is 0 Å². The molecule has 0 aliphatic carbocycles. The third-order valence-corrected chi connectivity index (χ3v) is 8.78. The van der Waals surface area contributed by atoms with Crippen LogP contribution in [0.1, 0.15) is 39.7 Å². The van der Waals surface area contributed by atoms with Crippen LogP contribution in [0.5, 0.6) is 11.5 Å². The summed E-state index contributed by atoms with van der Waals surface area (Å²) in [5.74, 6) is 1.41. The summed E-state index contributed by atoms with van der Waals surface area (Å²) < 4.78 is 26.1. The molecular formula is C38H35N5O6. The van der Waals surface area contributed by atoms with Crippen LogP contribution in [0.4, 0.5) is 5.82 Å². The molecule has 3 heterocycles. The Balaban J connectivity index is 1.18. The second-order valence-corrected chi connectivity index (χ2v) is 11.6. The van der Waals surface area contributed by atoms with Gasteiger partial charge in [-0.2, -0.15) is 0 Å². The summed E-state index contributed by atoms with van der Waals surface area (Å²) in [4.78, 5) is 26.0. The zero-order valence-electron chi connectivity index (χ0n) is 27.0. The maximum Gasteiger partial charge on any atom is 0.256 e. The van der Waals surface area contributed by atoms with Crippen molar-refractivity contribution in [3.8, 4) is 11.5 Å². The van der Waals surface area contributed by atoms with Crippen molar-refractivity contribution in [2.75, 3.05) is 26.1 Å². The van der Waals surface area contributed by atoms with E-state index >= 15 is 0 Å². The summed E-state index contributed by atoms with van der Waals surface area (Å²) >= 11 is 0. The first-order chi connectivity index (χ1) is 24.0. The number of carbonyl (C=O) groups is 1. The number of hydrogen-bond acceptors (Lipinski definition) is 9. The standard InChI is InChI=1S/C38H35N5O6/c1-46-29-17-13-27(14-18-29)38(26-11-7-4-8-12-26,28-15-19-30(47-2)20-16-28)48-22-32-31(44)21-33(49-32)43-24-41-34-35(39-23-40-36(34)43)42-37(45)25-9-5-3-6-10-25/h3-20,23-24,31-33,44H,21-22H2,1-2H3,(H,39,40,42,45)/t31-,32-,33-/m0/s1. The number of amides is 1. The Morgan fingerprint density at radius 2 is 1.43 bits per heavy atom. The van der Waals surface area contributed by atoms with E-state index in [4.69, 9.17) is 18.9 Å². The number of benzene rings is 4. The van der Waals surface area contributed by atoms with Gasteiger partial charge in [-0.1, -0.05) is 72.8 Å². The van der Waals surface area contributed by atoms with E-state index in [2.05, 4.69) is 20.3 Å². The van der Waals surface area contributed by atoms with Crippen molar-refractivity contribution in [1.82, 2.24) is 19.5 Å². The minimum absolute atomic E-state index is 0.0601. The van der Waals surface area contributed by atoms with Crippen LogP contribution >= 0.6 is 0 Å². The average Bonchev–Trinajstić information content (AvgIpc) is 3.76. The SMILES string of the molecule is COc1ccc(C(OC[C@@H]2O[C@H](n3cnc4c(NC(=O)c5ccccc5)ncnc43)C[C@@H]2O)(c2ccccc2)c2ccc(OC)cc2)cc1. The molecule has 1 aliphatic rings. The molecule has 0 radical (unpaired) electrons. The Hall–Kier alpha value is -5.62. The maximum atomic E-state index is 12.8. The van der Waals surface area contributed by atoms with E-state index in [1.165, 1.54) is 6.33 Å². The molecule has 2 N–H and O–H groups in total. The zero-order chi connectivity index (χ0) is 33.8. The van der Waals surface area contributed by atoms with Crippen molar-refractivity contribution in [3.05, 3.63) is 144 Å². The van der Waals surface area contributed by atoms with Crippen LogP contribution in [0.2, 0.25) is 0 Å². The lowest BCUT2D eigenvalue weighted by atomic mass is 9.80. The number of nitrogens with zero attached hydrogens (tertiary/aromatic N) is 4. The maximum absolute atomic E-state index is 12.8. The van der Waals surface area contributed by atoms with Gasteiger partial charge in [0.25, 0.3) is 5.91 Å². The summed E-state index contributed by atoms with van der Waals surface area (Å²) in [6, 6.07) is 34.4. The van der Waals surface area contributed by atoms with Crippen molar-refractivity contribution < 1.29 is 28.8 Å². The zero-order valence-corrected chi connectivity index (χ0v) is 27.0. The van der Waals surface area contributed by atoms with Crippen LogP contribution < -0.4 is 14.8 Å². The molecule has 1 amide bonds. The van der Waals surface area contributed by atoms with Crippen LogP contribution in [-0.2, 0) is 15.1 Å². The smallest absolute Gasteiger partial charge is 0.256 e. The van der Waals surface area contributed by atoms with Gasteiger partial charge in [-0.05, 0) is 53.1 Å². The van der Waals surface area contributed by atoms with E-state index < -0.39 is 24.0 Å². The lowest BCUT2D eigenvalue weighted by Crippen LogP contribution is -2.38. The fourth-order valence-electron chi connectivity index (χ4n) is 6.24. The van der Waals surface area contributed by atoms with E-state index in [0.29, 0.717) is 16.7 Å². The number of aliphatic hydroxyl groups excluding tert-OH is 1. The molecule has 11 heteroatoms. The van der Waals surface area contributed by atoms with E-state index in [-0.39, 0.29) is 24.8 Å². The third-order valence-electron chi connectivity index (χ3n) is 8.78. The first-order valence-electron chi connectivity index (χ1n) is 15.9. The lowest BCUT2D eigenvalue weighted by Gasteiger charge is -2.37. The van der Waals surface area contributed by atoms with Gasteiger partial charge in [0.2, 0.25) is 0 Å². The highest BCUT2D eigenvalue weighted by molar-refractivity contribution is 6.06. The highest BCUT2D eigenvalue weighted by Gasteiger charge is 2.42. The molecule has 248 valence electrons. The molecule has 1 fully saturated rings. The Morgan fingerprint density at radius 1 is 0.837 bits per heavy atom. The number of ether oxygens (including phenoxy) is 4. The monoisotopic (exact) mass is 657 g/mol. The molecule has 49 heavy (non-hydrogen) atoms. The van der Waals surface area contributed by atoms with Gasteiger partial charge in [0.15, 0.2) is 17.0 Å². The number of aliphatic hydroxyl groups is 1. The molecule has 2 aromatic heterocycles. The second kappa shape index (κ2) is 13.9. The topological polar surface area (TPSA) is 130 Å². The van der Waals surface area contributed by atoms with Crippen LogP contribution in [0.25, 0.3) is 11.2 Å². The van der Waals surface area contributed by atoms with Gasteiger partial charge in [-0.3, -0.25) is 9.36 Å². The molecule has 4 aromatic carbocycles. The minimum Gasteiger partial charge on any atom is -0.497 e. The molecule has 0 saturated carbocycles. The molecule has 0 bridgehead atoms. The van der Waals surface area contributed by atoms with Crippen molar-refractivity contribution in [1.29, 1.82) is 0 Å². The van der Waals surface area contributed by atoms with E-state index in [9.17, 15) is 9.90 Å². The summed E-state index contributed by atoms with van der Waals surface area (Å²) in [6.07, 6.45) is 1.11. The normalized spacial score (nSPS) is 17.6. The molecule has 7 rings (SSSR count). The van der Waals surface area contributed by atoms with Gasteiger partial charge < -0.3 is 29.4 Å². The lowest BCUT2D eigenvalue weighted by molar-refractivity contribution is -0.0931. The number of aromatic nitrogens is 4. The Morgan fingerprint density at radius 3 is 2.04 bits per heavy atom. The molecule has 1 saturated heterocycles. The van der Waals surface area contributed by atoms with E-state index in [1.807, 2.05) is 84.9 Å². The molecule has 6 aromatic rings. The Bertz CT molecular complexity index is 1970. The summed E-state index contributed by atoms with van der Waals surface area (Å²) in [5, 5.41) is 14.1. The average molecular weight is 658 g/mol. The molecule has 1 aliphatic heterocycles. The van der Waals surface area contributed by atoms with Crippen molar-refractivity contribution in [2.45, 2.75) is 30.5 Å². The summed E-state index contributed by atoms with van der Waals surface area (Å²) in [5.41, 5.74) is 2.94. The fraction of sp³-hybridized carbons (Fsp3) is 0.211. The van der Waals surface area contributed by atoms with E-state index in [1.54, 1.807) is 49.4 Å². The highest BCUT2D eigenvalue weighted by Crippen LogP contribution is 2.43. The molecule has 0 unspecified atom stereocenters. The number of rotatable bonds is 11. The number of methoxy groups -OCH3 is 2. The van der Waals surface area contributed by atoms with Crippen LogP contribution in [0.3, 0.4) is 0 Å². The van der Waals surface area contributed by atoms with Crippen molar-refractivity contribution in [2.24, 2.45) is 0 Å². The van der Waals surface area contributed by atoms with Gasteiger partial charge in [0, 0.05) is 12.0 Å². The second-order valence-electron chi connectivity index (χ2n) is 11.6. The van der Waals surface area contributed by atoms with Gasteiger partial charge in [0.1, 0.15) is 35.8 Å². The van der Waals surface area contributed by atoms with Gasteiger partial charge in [-0.25, -0.2) is 15.0 Å². The molecule has 3 atom stereocenters. The number of imidazole rings is 1. The van der Waals surface area contributed by atoms with Gasteiger partial charge in [0.05, 0.1) is 33.3 Å². The molecular weight excluding hydrogens is 622 g/mol. The predicted molar refractivity (Wildman–Crippen MR) is 183 cm³/mol. The largest absolute Gasteiger partial charge is 0.497 e. The molecule has 0 spiro atoms.